The fourth-order valence-electron chi connectivity index (χ4n) is 3.09. The Labute approximate surface area is 179 Å². The molecule has 30 heavy (non-hydrogen) atoms. The Balaban J connectivity index is 1.60. The van der Waals surface area contributed by atoms with Gasteiger partial charge in [0.15, 0.2) is 5.58 Å². The van der Waals surface area contributed by atoms with E-state index in [1.54, 1.807) is 36.4 Å². The highest BCUT2D eigenvalue weighted by Crippen LogP contribution is 2.28. The molecule has 4 aromatic rings. The number of oxazole rings is 1. The number of ether oxygens (including phenoxy) is 1. The third-order valence-corrected chi connectivity index (χ3v) is 4.92. The minimum atomic E-state index is -0.323. The lowest BCUT2D eigenvalue weighted by Gasteiger charge is -2.11. The molecular formula is C23H20ClN3O3. The topological polar surface area (TPSA) is 67.6 Å². The van der Waals surface area contributed by atoms with Crippen molar-refractivity contribution in [1.29, 1.82) is 0 Å². The first-order chi connectivity index (χ1) is 14.4. The molecule has 0 atom stereocenters. The highest BCUT2D eigenvalue weighted by atomic mass is 35.5. The first-order valence-corrected chi connectivity index (χ1v) is 9.65. The molecule has 0 aliphatic heterocycles. The number of aromatic nitrogens is 1. The molecule has 0 aliphatic rings. The molecule has 6 nitrogen and oxygen atoms in total. The zero-order valence-electron chi connectivity index (χ0n) is 16.8. The summed E-state index contributed by atoms with van der Waals surface area (Å²) in [5.41, 5.74) is 4.21. The van der Waals surface area contributed by atoms with Crippen LogP contribution in [0.2, 0.25) is 5.02 Å². The number of carbonyl (C=O) groups is 1. The number of amides is 1. The summed E-state index contributed by atoms with van der Waals surface area (Å²) in [7, 11) is 5.49. The van der Waals surface area contributed by atoms with Gasteiger partial charge in [0.2, 0.25) is 5.89 Å². The molecule has 1 aromatic heterocycles. The second kappa shape index (κ2) is 8.08. The minimum Gasteiger partial charge on any atom is -0.496 e. The van der Waals surface area contributed by atoms with Crippen molar-refractivity contribution in [1.82, 2.24) is 4.98 Å². The van der Waals surface area contributed by atoms with Gasteiger partial charge >= 0.3 is 0 Å². The molecule has 152 valence electrons. The number of nitrogens with one attached hydrogen (secondary N) is 1. The summed E-state index contributed by atoms with van der Waals surface area (Å²) in [6.07, 6.45) is 0. The van der Waals surface area contributed by atoms with Crippen LogP contribution in [0.15, 0.2) is 65.1 Å². The number of rotatable bonds is 5. The lowest BCUT2D eigenvalue weighted by molar-refractivity contribution is 0.102. The smallest absolute Gasteiger partial charge is 0.259 e. The summed E-state index contributed by atoms with van der Waals surface area (Å²) in [6, 6.07) is 18.2. The zero-order valence-corrected chi connectivity index (χ0v) is 17.5. The number of hydrogen-bond donors (Lipinski definition) is 1. The van der Waals surface area contributed by atoms with E-state index in [0.717, 1.165) is 11.3 Å². The standard InChI is InChI=1S/C23H20ClN3O3/c1-27(2)17-8-4-14(5-9-17)23-26-19-13-16(7-11-21(19)30-23)25-22(28)18-12-15(24)6-10-20(18)29-3/h4-13H,1-3H3,(H,25,28). The van der Waals surface area contributed by atoms with E-state index in [2.05, 4.69) is 10.3 Å². The van der Waals surface area contributed by atoms with Crippen LogP contribution >= 0.6 is 11.6 Å². The van der Waals surface area contributed by atoms with Crippen molar-refractivity contribution in [3.05, 3.63) is 71.2 Å². The molecule has 4 rings (SSSR count). The molecule has 0 spiro atoms. The van der Waals surface area contributed by atoms with Crippen molar-refractivity contribution >= 4 is 40.0 Å². The van der Waals surface area contributed by atoms with Crippen LogP contribution in [-0.2, 0) is 0 Å². The highest BCUT2D eigenvalue weighted by Gasteiger charge is 2.15. The van der Waals surface area contributed by atoms with E-state index in [1.807, 2.05) is 43.3 Å². The largest absolute Gasteiger partial charge is 0.496 e. The van der Waals surface area contributed by atoms with Gasteiger partial charge in [-0.1, -0.05) is 11.6 Å². The van der Waals surface area contributed by atoms with E-state index in [9.17, 15) is 4.79 Å². The lowest BCUT2D eigenvalue weighted by Crippen LogP contribution is -2.13. The number of nitrogens with zero attached hydrogens (tertiary/aromatic N) is 2. The second-order valence-electron chi connectivity index (χ2n) is 6.94. The van der Waals surface area contributed by atoms with Gasteiger partial charge in [-0.2, -0.15) is 0 Å². The monoisotopic (exact) mass is 421 g/mol. The normalized spacial score (nSPS) is 10.8. The van der Waals surface area contributed by atoms with Gasteiger partial charge in [-0.15, -0.1) is 0 Å². The summed E-state index contributed by atoms with van der Waals surface area (Å²) in [5.74, 6) is 0.648. The number of benzene rings is 3. The maximum Gasteiger partial charge on any atom is 0.259 e. The predicted molar refractivity (Wildman–Crippen MR) is 120 cm³/mol. The average Bonchev–Trinajstić information content (AvgIpc) is 3.17. The van der Waals surface area contributed by atoms with E-state index in [4.69, 9.17) is 20.8 Å². The van der Waals surface area contributed by atoms with Gasteiger partial charge in [0.1, 0.15) is 11.3 Å². The molecule has 7 heteroatoms. The average molecular weight is 422 g/mol. The van der Waals surface area contributed by atoms with Gasteiger partial charge < -0.3 is 19.4 Å². The van der Waals surface area contributed by atoms with Crippen LogP contribution in [0.1, 0.15) is 10.4 Å². The number of hydrogen-bond acceptors (Lipinski definition) is 5. The molecule has 3 aromatic carbocycles. The van der Waals surface area contributed by atoms with Crippen molar-refractivity contribution in [3.8, 4) is 17.2 Å². The van der Waals surface area contributed by atoms with E-state index in [-0.39, 0.29) is 5.91 Å². The van der Waals surface area contributed by atoms with Crippen molar-refractivity contribution in [2.24, 2.45) is 0 Å². The maximum atomic E-state index is 12.7. The number of carbonyl (C=O) groups excluding carboxylic acids is 1. The van der Waals surface area contributed by atoms with Gasteiger partial charge in [0, 0.05) is 36.1 Å². The molecule has 0 bridgehead atoms. The van der Waals surface area contributed by atoms with Crippen LogP contribution in [0, 0.1) is 0 Å². The number of methoxy groups -OCH3 is 1. The third-order valence-electron chi connectivity index (χ3n) is 4.68. The minimum absolute atomic E-state index is 0.323. The first kappa shape index (κ1) is 19.8. The number of fused-ring (bicyclic) bond motifs is 1. The summed E-state index contributed by atoms with van der Waals surface area (Å²) in [6.45, 7) is 0. The van der Waals surface area contributed by atoms with Crippen molar-refractivity contribution < 1.29 is 13.9 Å². The molecule has 1 heterocycles. The molecule has 0 unspecified atom stereocenters. The highest BCUT2D eigenvalue weighted by molar-refractivity contribution is 6.31. The summed E-state index contributed by atoms with van der Waals surface area (Å²) >= 11 is 6.03. The van der Waals surface area contributed by atoms with Gasteiger partial charge in [-0.05, 0) is 60.7 Å². The van der Waals surface area contributed by atoms with Gasteiger partial charge in [0.25, 0.3) is 5.91 Å². The molecule has 0 aliphatic carbocycles. The molecule has 0 fully saturated rings. The fraction of sp³-hybridized carbons (Fsp3) is 0.130. The fourth-order valence-corrected chi connectivity index (χ4v) is 3.26. The molecule has 0 saturated heterocycles. The van der Waals surface area contributed by atoms with Crippen LogP contribution in [-0.4, -0.2) is 32.1 Å². The molecule has 0 radical (unpaired) electrons. The SMILES string of the molecule is COc1ccc(Cl)cc1C(=O)Nc1ccc2oc(-c3ccc(N(C)C)cc3)nc2c1. The van der Waals surface area contributed by atoms with Crippen LogP contribution < -0.4 is 15.0 Å². The van der Waals surface area contributed by atoms with Gasteiger partial charge in [-0.25, -0.2) is 4.98 Å². The summed E-state index contributed by atoms with van der Waals surface area (Å²) in [5, 5.41) is 3.31. The van der Waals surface area contributed by atoms with Crippen LogP contribution in [0.25, 0.3) is 22.6 Å². The Hall–Kier alpha value is -3.51. The number of halogens is 1. The van der Waals surface area contributed by atoms with Crippen molar-refractivity contribution in [3.63, 3.8) is 0 Å². The molecule has 1 N–H and O–H groups in total. The lowest BCUT2D eigenvalue weighted by atomic mass is 10.1. The van der Waals surface area contributed by atoms with Gasteiger partial charge in [0.05, 0.1) is 12.7 Å². The Morgan fingerprint density at radius 2 is 1.83 bits per heavy atom. The Morgan fingerprint density at radius 1 is 1.07 bits per heavy atom. The van der Waals surface area contributed by atoms with Gasteiger partial charge in [-0.3, -0.25) is 4.79 Å². The van der Waals surface area contributed by atoms with E-state index in [1.165, 1.54) is 7.11 Å². The van der Waals surface area contributed by atoms with E-state index >= 15 is 0 Å². The van der Waals surface area contributed by atoms with Crippen LogP contribution in [0.5, 0.6) is 5.75 Å². The predicted octanol–water partition coefficient (Wildman–Crippen LogP) is 5.48. The Bertz CT molecular complexity index is 1220. The van der Waals surface area contributed by atoms with Crippen molar-refractivity contribution in [2.75, 3.05) is 31.4 Å². The van der Waals surface area contributed by atoms with Crippen LogP contribution in [0.4, 0.5) is 11.4 Å². The quantitative estimate of drug-likeness (QED) is 0.462. The summed E-state index contributed by atoms with van der Waals surface area (Å²) in [4.78, 5) is 19.3. The first-order valence-electron chi connectivity index (χ1n) is 9.28. The molecule has 0 saturated carbocycles. The maximum absolute atomic E-state index is 12.7. The Kier molecular flexibility index (Phi) is 5.33. The Morgan fingerprint density at radius 3 is 2.53 bits per heavy atom. The molecular weight excluding hydrogens is 402 g/mol. The summed E-state index contributed by atoms with van der Waals surface area (Å²) < 4.78 is 11.1. The zero-order chi connectivity index (χ0) is 21.3. The number of anilines is 2. The van der Waals surface area contributed by atoms with E-state index in [0.29, 0.717) is 39.0 Å². The third kappa shape index (κ3) is 3.95. The second-order valence-corrected chi connectivity index (χ2v) is 7.38. The van der Waals surface area contributed by atoms with Crippen LogP contribution in [0.3, 0.4) is 0 Å². The molecule has 1 amide bonds. The van der Waals surface area contributed by atoms with E-state index < -0.39 is 0 Å². The van der Waals surface area contributed by atoms with Crippen molar-refractivity contribution in [2.45, 2.75) is 0 Å².